The van der Waals surface area contributed by atoms with Crippen LogP contribution in [0.25, 0.3) is 0 Å². The van der Waals surface area contributed by atoms with E-state index < -0.39 is 34.1 Å². The first-order chi connectivity index (χ1) is 7.29. The van der Waals surface area contributed by atoms with Crippen LogP contribution in [0.1, 0.15) is 17.6 Å². The van der Waals surface area contributed by atoms with Crippen LogP contribution < -0.4 is 4.74 Å². The van der Waals surface area contributed by atoms with Crippen molar-refractivity contribution in [2.75, 3.05) is 7.11 Å². The number of alkyl halides is 5. The van der Waals surface area contributed by atoms with Crippen molar-refractivity contribution in [2.45, 2.75) is 12.6 Å². The molecule has 0 saturated carbocycles. The lowest BCUT2D eigenvalue weighted by Gasteiger charge is -2.16. The fourth-order valence-electron chi connectivity index (χ4n) is 1.14. The quantitative estimate of drug-likeness (QED) is 0.775. The van der Waals surface area contributed by atoms with Crippen molar-refractivity contribution in [1.82, 2.24) is 4.98 Å². The van der Waals surface area contributed by atoms with E-state index in [0.29, 0.717) is 0 Å². The van der Waals surface area contributed by atoms with Gasteiger partial charge in [0.1, 0.15) is 0 Å². The second kappa shape index (κ2) is 4.52. The summed E-state index contributed by atoms with van der Waals surface area (Å²) in [6, 6.07) is 0. The number of methoxy groups -OCH3 is 1. The summed E-state index contributed by atoms with van der Waals surface area (Å²) < 4.78 is 66.5. The third-order valence-corrected chi connectivity index (χ3v) is 2.33. The van der Waals surface area contributed by atoms with Crippen LogP contribution in [0, 0.1) is 0 Å². The van der Waals surface area contributed by atoms with Gasteiger partial charge in [-0.2, -0.15) is 13.2 Å². The average molecular weight is 306 g/mol. The van der Waals surface area contributed by atoms with Gasteiger partial charge >= 0.3 is 6.18 Å². The van der Waals surface area contributed by atoms with E-state index in [-0.39, 0.29) is 0 Å². The van der Waals surface area contributed by atoms with E-state index in [1.165, 1.54) is 0 Å². The van der Waals surface area contributed by atoms with Crippen molar-refractivity contribution < 1.29 is 26.7 Å². The summed E-state index contributed by atoms with van der Waals surface area (Å²) in [6.07, 6.45) is -7.45. The lowest BCUT2D eigenvalue weighted by atomic mass is 10.1. The van der Waals surface area contributed by atoms with Gasteiger partial charge in [-0.15, -0.1) is 0 Å². The Morgan fingerprint density at radius 3 is 2.31 bits per heavy atom. The van der Waals surface area contributed by atoms with Gasteiger partial charge in [0.05, 0.1) is 18.2 Å². The van der Waals surface area contributed by atoms with Gasteiger partial charge in [0.2, 0.25) is 5.88 Å². The maximum atomic E-state index is 12.5. The first kappa shape index (κ1) is 13.1. The van der Waals surface area contributed by atoms with E-state index in [9.17, 15) is 22.0 Å². The zero-order chi connectivity index (χ0) is 12.5. The Kier molecular flexibility index (Phi) is 3.72. The number of halogens is 6. The van der Waals surface area contributed by atoms with Crippen LogP contribution in [0.3, 0.4) is 0 Å². The fourth-order valence-corrected chi connectivity index (χ4v) is 1.68. The molecule has 8 heteroatoms. The molecule has 1 aromatic rings. The first-order valence-corrected chi connectivity index (χ1v) is 4.66. The normalized spacial score (nSPS) is 12.0. The highest BCUT2D eigenvalue weighted by atomic mass is 79.9. The van der Waals surface area contributed by atoms with Crippen LogP contribution >= 0.6 is 15.9 Å². The van der Waals surface area contributed by atoms with Crippen LogP contribution in [0.4, 0.5) is 22.0 Å². The molecule has 0 aliphatic carbocycles. The monoisotopic (exact) mass is 305 g/mol. The molecule has 0 bridgehead atoms. The molecule has 0 aliphatic heterocycles. The van der Waals surface area contributed by atoms with Crippen molar-refractivity contribution in [3.63, 3.8) is 0 Å². The maximum absolute atomic E-state index is 12.5. The van der Waals surface area contributed by atoms with Gasteiger partial charge in [0.15, 0.2) is 0 Å². The van der Waals surface area contributed by atoms with Gasteiger partial charge in [-0.05, 0) is 15.9 Å². The minimum absolute atomic E-state index is 0.545. The molecule has 0 aromatic carbocycles. The Bertz CT molecular complexity index is 393. The van der Waals surface area contributed by atoms with E-state index >= 15 is 0 Å². The number of nitrogens with zero attached hydrogens (tertiary/aromatic N) is 1. The van der Waals surface area contributed by atoms with Gasteiger partial charge in [0, 0.05) is 10.7 Å². The topological polar surface area (TPSA) is 22.1 Å². The molecule has 0 spiro atoms. The first-order valence-electron chi connectivity index (χ1n) is 3.86. The lowest BCUT2D eigenvalue weighted by Crippen LogP contribution is -2.13. The van der Waals surface area contributed by atoms with Gasteiger partial charge in [-0.25, -0.2) is 13.8 Å². The van der Waals surface area contributed by atoms with Gasteiger partial charge < -0.3 is 4.74 Å². The molecule has 1 rings (SSSR count). The zero-order valence-electron chi connectivity index (χ0n) is 7.78. The number of ether oxygens (including phenoxy) is 1. The molecule has 0 saturated heterocycles. The Balaban J connectivity index is 3.55. The molecule has 16 heavy (non-hydrogen) atoms. The van der Waals surface area contributed by atoms with Crippen LogP contribution in [0.5, 0.6) is 5.88 Å². The average Bonchev–Trinajstić information content (AvgIpc) is 2.15. The Morgan fingerprint density at radius 1 is 1.38 bits per heavy atom. The van der Waals surface area contributed by atoms with E-state index in [1.807, 2.05) is 0 Å². The Labute approximate surface area is 95.6 Å². The standard InChI is InChI=1S/C8H5BrF5NO/c1-16-7-4(6(10)11)5(8(12,13)14)3(9)2-15-7/h2,6H,1H3. The third-order valence-electron chi connectivity index (χ3n) is 1.73. The highest BCUT2D eigenvalue weighted by molar-refractivity contribution is 9.10. The largest absolute Gasteiger partial charge is 0.481 e. The minimum atomic E-state index is -4.90. The molecule has 0 radical (unpaired) electrons. The van der Waals surface area contributed by atoms with Crippen molar-refractivity contribution in [3.05, 3.63) is 21.8 Å². The van der Waals surface area contributed by atoms with Crippen LogP contribution in [-0.2, 0) is 6.18 Å². The predicted octanol–water partition coefficient (Wildman–Crippen LogP) is 3.81. The van der Waals surface area contributed by atoms with E-state index in [0.717, 1.165) is 13.3 Å². The molecular formula is C8H5BrF5NO. The van der Waals surface area contributed by atoms with E-state index in [4.69, 9.17) is 0 Å². The van der Waals surface area contributed by atoms with Gasteiger partial charge in [0.25, 0.3) is 6.43 Å². The second-order valence-electron chi connectivity index (χ2n) is 2.70. The molecule has 2 nitrogen and oxygen atoms in total. The van der Waals surface area contributed by atoms with Crippen LogP contribution in [-0.4, -0.2) is 12.1 Å². The fraction of sp³-hybridized carbons (Fsp3) is 0.375. The Hall–Kier alpha value is -0.920. The van der Waals surface area contributed by atoms with Gasteiger partial charge in [-0.3, -0.25) is 0 Å². The summed E-state index contributed by atoms with van der Waals surface area (Å²) >= 11 is 2.54. The van der Waals surface area contributed by atoms with Crippen molar-refractivity contribution in [3.8, 4) is 5.88 Å². The second-order valence-corrected chi connectivity index (χ2v) is 3.56. The lowest BCUT2D eigenvalue weighted by molar-refractivity contribution is -0.140. The number of rotatable bonds is 2. The van der Waals surface area contributed by atoms with Crippen LogP contribution in [0.15, 0.2) is 10.7 Å². The van der Waals surface area contributed by atoms with E-state index in [2.05, 4.69) is 25.7 Å². The Morgan fingerprint density at radius 2 is 1.94 bits per heavy atom. The number of hydrogen-bond acceptors (Lipinski definition) is 2. The molecule has 90 valence electrons. The zero-order valence-corrected chi connectivity index (χ0v) is 9.36. The molecule has 0 fully saturated rings. The summed E-state index contributed by atoms with van der Waals surface area (Å²) in [6.45, 7) is 0. The summed E-state index contributed by atoms with van der Waals surface area (Å²) in [7, 11) is 0.974. The van der Waals surface area contributed by atoms with Crippen molar-refractivity contribution in [2.24, 2.45) is 0 Å². The van der Waals surface area contributed by atoms with Gasteiger partial charge in [-0.1, -0.05) is 0 Å². The maximum Gasteiger partial charge on any atom is 0.418 e. The number of aromatic nitrogens is 1. The predicted molar refractivity (Wildman–Crippen MR) is 48.4 cm³/mol. The molecule has 0 N–H and O–H groups in total. The summed E-state index contributed by atoms with van der Waals surface area (Å²) in [5, 5.41) is 0. The molecule has 0 atom stereocenters. The third kappa shape index (κ3) is 2.42. The summed E-state index contributed by atoms with van der Waals surface area (Å²) in [5.74, 6) is -0.731. The summed E-state index contributed by atoms with van der Waals surface area (Å²) in [5.41, 5.74) is -2.72. The van der Waals surface area contributed by atoms with Crippen LogP contribution in [0.2, 0.25) is 0 Å². The molecule has 0 unspecified atom stereocenters. The molecule has 1 aromatic heterocycles. The molecule has 0 aliphatic rings. The van der Waals surface area contributed by atoms with Crippen molar-refractivity contribution >= 4 is 15.9 Å². The highest BCUT2D eigenvalue weighted by Gasteiger charge is 2.40. The molecular weight excluding hydrogens is 301 g/mol. The SMILES string of the molecule is COc1ncc(Br)c(C(F)(F)F)c1C(F)F. The molecule has 0 amide bonds. The summed E-state index contributed by atoms with van der Waals surface area (Å²) in [4.78, 5) is 3.34. The number of hydrogen-bond donors (Lipinski definition) is 0. The minimum Gasteiger partial charge on any atom is -0.481 e. The molecule has 1 heterocycles. The smallest absolute Gasteiger partial charge is 0.418 e. The van der Waals surface area contributed by atoms with Crippen molar-refractivity contribution in [1.29, 1.82) is 0 Å². The van der Waals surface area contributed by atoms with E-state index in [1.54, 1.807) is 0 Å². The number of pyridine rings is 1. The highest BCUT2D eigenvalue weighted by Crippen LogP contribution is 2.43.